The van der Waals surface area contributed by atoms with Crippen molar-refractivity contribution in [2.45, 2.75) is 51.0 Å². The minimum Gasteiger partial charge on any atom is -0.334 e. The van der Waals surface area contributed by atoms with Crippen LogP contribution in [0.15, 0.2) is 53.1 Å². The molecule has 1 aromatic carbocycles. The highest BCUT2D eigenvalue weighted by molar-refractivity contribution is 5.54. The normalized spacial score (nSPS) is 21.6. The van der Waals surface area contributed by atoms with Crippen molar-refractivity contribution in [1.82, 2.24) is 15.0 Å². The van der Waals surface area contributed by atoms with Gasteiger partial charge in [-0.1, -0.05) is 41.6 Å². The summed E-state index contributed by atoms with van der Waals surface area (Å²) in [5, 5.41) is 4.27. The van der Waals surface area contributed by atoms with E-state index >= 15 is 0 Å². The van der Waals surface area contributed by atoms with Gasteiger partial charge in [-0.05, 0) is 63.9 Å². The molecule has 0 amide bonds. The van der Waals surface area contributed by atoms with E-state index in [1.54, 1.807) is 0 Å². The lowest BCUT2D eigenvalue weighted by Crippen LogP contribution is -2.38. The smallest absolute Gasteiger partial charge is 0.257 e. The van der Waals surface area contributed by atoms with Crippen LogP contribution in [0.3, 0.4) is 0 Å². The summed E-state index contributed by atoms with van der Waals surface area (Å²) in [4.78, 5) is 7.21. The fourth-order valence-electron chi connectivity index (χ4n) is 3.89. The van der Waals surface area contributed by atoms with Gasteiger partial charge in [-0.2, -0.15) is 4.98 Å². The molecule has 4 rings (SSSR count). The Labute approximate surface area is 155 Å². The lowest BCUT2D eigenvalue weighted by Gasteiger charge is -2.33. The van der Waals surface area contributed by atoms with Gasteiger partial charge in [0.1, 0.15) is 0 Å². The average Bonchev–Trinajstić information content (AvgIpc) is 3.19. The van der Waals surface area contributed by atoms with E-state index in [0.717, 1.165) is 43.7 Å². The van der Waals surface area contributed by atoms with E-state index in [1.165, 1.54) is 5.56 Å². The van der Waals surface area contributed by atoms with E-state index in [4.69, 9.17) is 9.51 Å². The second kappa shape index (κ2) is 7.58. The number of allylic oxidation sites excluding steroid dienone is 4. The van der Waals surface area contributed by atoms with Gasteiger partial charge >= 0.3 is 0 Å². The van der Waals surface area contributed by atoms with E-state index in [9.17, 15) is 0 Å². The summed E-state index contributed by atoms with van der Waals surface area (Å²) in [5.74, 6) is 2.39. The molecule has 2 aliphatic rings. The summed E-state index contributed by atoms with van der Waals surface area (Å²) >= 11 is 0. The highest BCUT2D eigenvalue weighted by Crippen LogP contribution is 2.30. The van der Waals surface area contributed by atoms with Crippen LogP contribution in [0.4, 0.5) is 0 Å². The van der Waals surface area contributed by atoms with Gasteiger partial charge in [0.2, 0.25) is 0 Å². The van der Waals surface area contributed by atoms with Crippen molar-refractivity contribution in [2.24, 2.45) is 0 Å². The topological polar surface area (TPSA) is 42.2 Å². The minimum absolute atomic E-state index is 0.418. The molecule has 1 aromatic heterocycles. The maximum absolute atomic E-state index is 5.56. The Bertz CT molecular complexity index is 780. The number of aromatic nitrogens is 2. The van der Waals surface area contributed by atoms with Crippen LogP contribution in [0.2, 0.25) is 0 Å². The molecule has 2 aromatic rings. The second-order valence-corrected chi connectivity index (χ2v) is 7.64. The molecule has 1 aliphatic heterocycles. The molecule has 4 heteroatoms. The number of rotatable bonds is 4. The largest absolute Gasteiger partial charge is 0.334 e. The first-order valence-corrected chi connectivity index (χ1v) is 9.72. The van der Waals surface area contributed by atoms with Crippen molar-refractivity contribution >= 4 is 0 Å². The Morgan fingerprint density at radius 2 is 1.85 bits per heavy atom. The standard InChI is InChI=1S/C22H27N3O/c1-16(2)25-14-12-19(13-15-25)21-23-22(26-24-21)20-10-8-18(9-11-20)17-6-4-3-5-7-17/h3-6,8-11,16-17,19H,7,12-15H2,1-2H3. The minimum atomic E-state index is 0.418. The first-order chi connectivity index (χ1) is 12.7. The molecule has 0 radical (unpaired) electrons. The number of hydrogen-bond acceptors (Lipinski definition) is 4. The molecule has 1 atom stereocenters. The van der Waals surface area contributed by atoms with Gasteiger partial charge in [-0.25, -0.2) is 0 Å². The third-order valence-electron chi connectivity index (χ3n) is 5.63. The van der Waals surface area contributed by atoms with Gasteiger partial charge < -0.3 is 9.42 Å². The molecule has 1 aliphatic carbocycles. The first kappa shape index (κ1) is 17.2. The molecule has 136 valence electrons. The number of likely N-dealkylation sites (tertiary alicyclic amines) is 1. The van der Waals surface area contributed by atoms with E-state index in [2.05, 4.69) is 72.5 Å². The Hall–Kier alpha value is -2.20. The van der Waals surface area contributed by atoms with Gasteiger partial charge in [0.15, 0.2) is 5.82 Å². The molecule has 0 bridgehead atoms. The molecule has 1 fully saturated rings. The van der Waals surface area contributed by atoms with Crippen LogP contribution in [-0.4, -0.2) is 34.2 Å². The summed E-state index contributed by atoms with van der Waals surface area (Å²) in [6.07, 6.45) is 12.0. The first-order valence-electron chi connectivity index (χ1n) is 9.72. The Morgan fingerprint density at radius 1 is 1.08 bits per heavy atom. The van der Waals surface area contributed by atoms with Crippen molar-refractivity contribution in [3.63, 3.8) is 0 Å². The quantitative estimate of drug-likeness (QED) is 0.785. The number of benzene rings is 1. The summed E-state index contributed by atoms with van der Waals surface area (Å²) in [5.41, 5.74) is 2.33. The van der Waals surface area contributed by atoms with Crippen LogP contribution >= 0.6 is 0 Å². The van der Waals surface area contributed by atoms with Crippen LogP contribution in [0.5, 0.6) is 0 Å². The fraction of sp³-hybridized carbons (Fsp3) is 0.455. The predicted molar refractivity (Wildman–Crippen MR) is 104 cm³/mol. The SMILES string of the molecule is CC(C)N1CCC(c2noc(-c3ccc(C4C=CC=CC4)cc3)n2)CC1. The van der Waals surface area contributed by atoms with E-state index < -0.39 is 0 Å². The van der Waals surface area contributed by atoms with Crippen LogP contribution < -0.4 is 0 Å². The molecule has 0 N–H and O–H groups in total. The number of nitrogens with zero attached hydrogens (tertiary/aromatic N) is 3. The van der Waals surface area contributed by atoms with E-state index in [1.807, 2.05) is 0 Å². The summed E-state index contributed by atoms with van der Waals surface area (Å²) in [6.45, 7) is 6.75. The maximum Gasteiger partial charge on any atom is 0.257 e. The maximum atomic E-state index is 5.56. The molecular formula is C22H27N3O. The average molecular weight is 349 g/mol. The molecule has 2 heterocycles. The zero-order chi connectivity index (χ0) is 17.9. The molecule has 26 heavy (non-hydrogen) atoms. The van der Waals surface area contributed by atoms with Crippen LogP contribution in [0.1, 0.15) is 56.3 Å². The van der Waals surface area contributed by atoms with Crippen molar-refractivity contribution in [3.05, 3.63) is 60.0 Å². The Balaban J connectivity index is 1.43. The zero-order valence-corrected chi connectivity index (χ0v) is 15.6. The molecule has 0 spiro atoms. The monoisotopic (exact) mass is 349 g/mol. The lowest BCUT2D eigenvalue weighted by atomic mass is 9.92. The number of hydrogen-bond donors (Lipinski definition) is 0. The van der Waals surface area contributed by atoms with Crippen molar-refractivity contribution in [1.29, 1.82) is 0 Å². The van der Waals surface area contributed by atoms with Crippen LogP contribution in [0, 0.1) is 0 Å². The van der Waals surface area contributed by atoms with Gasteiger partial charge in [0.25, 0.3) is 5.89 Å². The molecule has 1 saturated heterocycles. The van der Waals surface area contributed by atoms with Gasteiger partial charge in [0, 0.05) is 23.4 Å². The Kier molecular flexibility index (Phi) is 5.02. The Morgan fingerprint density at radius 3 is 2.50 bits per heavy atom. The van der Waals surface area contributed by atoms with Crippen molar-refractivity contribution in [3.8, 4) is 11.5 Å². The summed E-state index contributed by atoms with van der Waals surface area (Å²) < 4.78 is 5.56. The molecule has 0 saturated carbocycles. The van der Waals surface area contributed by atoms with Gasteiger partial charge in [-0.3, -0.25) is 0 Å². The van der Waals surface area contributed by atoms with Crippen molar-refractivity contribution in [2.75, 3.05) is 13.1 Å². The van der Waals surface area contributed by atoms with Crippen molar-refractivity contribution < 1.29 is 4.52 Å². The fourth-order valence-corrected chi connectivity index (χ4v) is 3.89. The zero-order valence-electron chi connectivity index (χ0n) is 15.6. The summed E-state index contributed by atoms with van der Waals surface area (Å²) in [6, 6.07) is 9.16. The highest BCUT2D eigenvalue weighted by atomic mass is 16.5. The predicted octanol–water partition coefficient (Wildman–Crippen LogP) is 4.92. The summed E-state index contributed by atoms with van der Waals surface area (Å²) in [7, 11) is 0. The number of piperidine rings is 1. The van der Waals surface area contributed by atoms with Crippen LogP contribution in [-0.2, 0) is 0 Å². The van der Waals surface area contributed by atoms with E-state index in [-0.39, 0.29) is 0 Å². The van der Waals surface area contributed by atoms with E-state index in [0.29, 0.717) is 23.8 Å². The third-order valence-corrected chi connectivity index (χ3v) is 5.63. The van der Waals surface area contributed by atoms with Crippen LogP contribution in [0.25, 0.3) is 11.5 Å². The third kappa shape index (κ3) is 3.65. The lowest BCUT2D eigenvalue weighted by molar-refractivity contribution is 0.168. The van der Waals surface area contributed by atoms with Gasteiger partial charge in [0.05, 0.1) is 0 Å². The molecular weight excluding hydrogens is 322 g/mol. The highest BCUT2D eigenvalue weighted by Gasteiger charge is 2.25. The second-order valence-electron chi connectivity index (χ2n) is 7.64. The molecule has 1 unspecified atom stereocenters. The van der Waals surface area contributed by atoms with Gasteiger partial charge in [-0.15, -0.1) is 0 Å². The molecule has 4 nitrogen and oxygen atoms in total.